The van der Waals surface area contributed by atoms with Gasteiger partial charge in [0.15, 0.2) is 0 Å². The van der Waals surface area contributed by atoms with Gasteiger partial charge in [-0.3, -0.25) is 4.79 Å². The zero-order valence-electron chi connectivity index (χ0n) is 12.8. The molecule has 0 aliphatic heterocycles. The molecular formula is C17H26N2O. The van der Waals surface area contributed by atoms with Crippen LogP contribution in [0.4, 0.5) is 5.69 Å². The summed E-state index contributed by atoms with van der Waals surface area (Å²) < 4.78 is 0. The predicted octanol–water partition coefficient (Wildman–Crippen LogP) is 3.39. The normalized spacial score (nSPS) is 16.8. The standard InChI is InChI=1S/C17H26N2O/c1-4-16(5-2,6-3)19-15(20)17(11-12-17)13-7-9-14(18)10-8-13/h7-10H,4-6,11-12,18H2,1-3H3,(H,19,20). The minimum absolute atomic E-state index is 0.0551. The number of carbonyl (C=O) groups excluding carboxylic acids is 1. The maximum absolute atomic E-state index is 12.8. The number of nitrogens with one attached hydrogen (secondary N) is 1. The van der Waals surface area contributed by atoms with E-state index >= 15 is 0 Å². The van der Waals surface area contributed by atoms with E-state index in [0.717, 1.165) is 43.4 Å². The average Bonchev–Trinajstić information content (AvgIpc) is 3.27. The van der Waals surface area contributed by atoms with Crippen LogP contribution in [-0.4, -0.2) is 11.4 Å². The van der Waals surface area contributed by atoms with Crippen LogP contribution in [0.25, 0.3) is 0 Å². The summed E-state index contributed by atoms with van der Waals surface area (Å²) >= 11 is 0. The lowest BCUT2D eigenvalue weighted by Crippen LogP contribution is -2.50. The Balaban J connectivity index is 2.18. The van der Waals surface area contributed by atoms with Gasteiger partial charge >= 0.3 is 0 Å². The number of hydrogen-bond donors (Lipinski definition) is 2. The molecule has 0 heterocycles. The zero-order valence-corrected chi connectivity index (χ0v) is 12.8. The summed E-state index contributed by atoms with van der Waals surface area (Å²) in [6.07, 6.45) is 4.81. The molecule has 0 spiro atoms. The summed E-state index contributed by atoms with van der Waals surface area (Å²) in [5, 5.41) is 3.33. The number of rotatable bonds is 6. The van der Waals surface area contributed by atoms with Gasteiger partial charge in [0.2, 0.25) is 5.91 Å². The molecule has 110 valence electrons. The molecule has 1 fully saturated rings. The van der Waals surface area contributed by atoms with Gasteiger partial charge in [0, 0.05) is 11.2 Å². The highest BCUT2D eigenvalue weighted by Crippen LogP contribution is 2.49. The van der Waals surface area contributed by atoms with Crippen LogP contribution in [-0.2, 0) is 10.2 Å². The molecule has 0 radical (unpaired) electrons. The first-order valence-corrected chi connectivity index (χ1v) is 7.70. The number of amides is 1. The highest BCUT2D eigenvalue weighted by molar-refractivity contribution is 5.91. The smallest absolute Gasteiger partial charge is 0.231 e. The first kappa shape index (κ1) is 14.9. The van der Waals surface area contributed by atoms with Crippen molar-refractivity contribution >= 4 is 11.6 Å². The predicted molar refractivity (Wildman–Crippen MR) is 83.5 cm³/mol. The summed E-state index contributed by atoms with van der Waals surface area (Å²) in [5.41, 5.74) is 7.21. The van der Waals surface area contributed by atoms with Crippen molar-refractivity contribution in [2.24, 2.45) is 0 Å². The fraction of sp³-hybridized carbons (Fsp3) is 0.588. The maximum Gasteiger partial charge on any atom is 0.231 e. The topological polar surface area (TPSA) is 55.1 Å². The third-order valence-electron chi connectivity index (χ3n) is 5.06. The molecule has 0 atom stereocenters. The number of carbonyl (C=O) groups is 1. The van der Waals surface area contributed by atoms with E-state index in [-0.39, 0.29) is 16.9 Å². The van der Waals surface area contributed by atoms with E-state index in [4.69, 9.17) is 5.73 Å². The Morgan fingerprint density at radius 2 is 1.65 bits per heavy atom. The zero-order chi connectivity index (χ0) is 14.8. The highest BCUT2D eigenvalue weighted by atomic mass is 16.2. The fourth-order valence-corrected chi connectivity index (χ4v) is 2.95. The van der Waals surface area contributed by atoms with E-state index in [2.05, 4.69) is 26.1 Å². The molecule has 0 unspecified atom stereocenters. The Bertz CT molecular complexity index is 462. The van der Waals surface area contributed by atoms with Gasteiger partial charge < -0.3 is 11.1 Å². The van der Waals surface area contributed by atoms with E-state index in [1.807, 2.05) is 24.3 Å². The largest absolute Gasteiger partial charge is 0.399 e. The van der Waals surface area contributed by atoms with Crippen LogP contribution >= 0.6 is 0 Å². The molecule has 1 aliphatic rings. The minimum Gasteiger partial charge on any atom is -0.399 e. The van der Waals surface area contributed by atoms with Crippen molar-refractivity contribution in [3.8, 4) is 0 Å². The number of benzene rings is 1. The third-order valence-corrected chi connectivity index (χ3v) is 5.06. The molecule has 2 rings (SSSR count). The van der Waals surface area contributed by atoms with Crippen molar-refractivity contribution in [2.45, 2.75) is 63.8 Å². The van der Waals surface area contributed by atoms with Crippen LogP contribution in [0.1, 0.15) is 58.4 Å². The Labute approximate surface area is 121 Å². The lowest BCUT2D eigenvalue weighted by atomic mass is 9.87. The number of nitrogens with two attached hydrogens (primary N) is 1. The summed E-state index contributed by atoms with van der Waals surface area (Å²) in [6, 6.07) is 7.76. The lowest BCUT2D eigenvalue weighted by molar-refractivity contribution is -0.125. The van der Waals surface area contributed by atoms with Gasteiger partial charge in [0.1, 0.15) is 0 Å². The highest BCUT2D eigenvalue weighted by Gasteiger charge is 2.52. The molecule has 0 aromatic heterocycles. The molecule has 0 bridgehead atoms. The maximum atomic E-state index is 12.8. The summed E-state index contributed by atoms with van der Waals surface area (Å²) in [7, 11) is 0. The SMILES string of the molecule is CCC(CC)(CC)NC(=O)C1(c2ccc(N)cc2)CC1. The molecule has 0 saturated heterocycles. The number of anilines is 1. The Kier molecular flexibility index (Phi) is 4.07. The van der Waals surface area contributed by atoms with Gasteiger partial charge in [0.25, 0.3) is 0 Å². The summed E-state index contributed by atoms with van der Waals surface area (Å²) in [5.74, 6) is 0.188. The van der Waals surface area contributed by atoms with E-state index in [1.165, 1.54) is 0 Å². The van der Waals surface area contributed by atoms with Gasteiger partial charge in [-0.2, -0.15) is 0 Å². The van der Waals surface area contributed by atoms with E-state index < -0.39 is 0 Å². The van der Waals surface area contributed by atoms with Crippen molar-refractivity contribution < 1.29 is 4.79 Å². The van der Waals surface area contributed by atoms with Crippen molar-refractivity contribution in [1.29, 1.82) is 0 Å². The Morgan fingerprint density at radius 1 is 1.15 bits per heavy atom. The van der Waals surface area contributed by atoms with Gasteiger partial charge in [-0.1, -0.05) is 32.9 Å². The van der Waals surface area contributed by atoms with Gasteiger partial charge in [-0.25, -0.2) is 0 Å². The fourth-order valence-electron chi connectivity index (χ4n) is 2.95. The quantitative estimate of drug-likeness (QED) is 0.781. The molecule has 20 heavy (non-hydrogen) atoms. The second-order valence-corrected chi connectivity index (χ2v) is 6.00. The van der Waals surface area contributed by atoms with E-state index in [1.54, 1.807) is 0 Å². The number of hydrogen-bond acceptors (Lipinski definition) is 2. The third kappa shape index (κ3) is 2.54. The molecule has 3 heteroatoms. The number of nitrogen functional groups attached to an aromatic ring is 1. The molecule has 1 aliphatic carbocycles. The molecule has 3 nitrogen and oxygen atoms in total. The molecule has 1 amide bonds. The minimum atomic E-state index is -0.307. The van der Waals surface area contributed by atoms with Gasteiger partial charge in [-0.15, -0.1) is 0 Å². The van der Waals surface area contributed by atoms with Crippen molar-refractivity contribution in [2.75, 3.05) is 5.73 Å². The van der Waals surface area contributed by atoms with Crippen LogP contribution < -0.4 is 11.1 Å². The Hall–Kier alpha value is -1.51. The van der Waals surface area contributed by atoms with Crippen LogP contribution in [0.3, 0.4) is 0 Å². The van der Waals surface area contributed by atoms with Crippen LogP contribution in [0, 0.1) is 0 Å². The molecule has 1 aromatic carbocycles. The van der Waals surface area contributed by atoms with Crippen molar-refractivity contribution in [3.63, 3.8) is 0 Å². The van der Waals surface area contributed by atoms with Crippen LogP contribution in [0.2, 0.25) is 0 Å². The van der Waals surface area contributed by atoms with Crippen LogP contribution in [0.5, 0.6) is 0 Å². The second-order valence-electron chi connectivity index (χ2n) is 6.00. The van der Waals surface area contributed by atoms with E-state index in [9.17, 15) is 4.79 Å². The van der Waals surface area contributed by atoms with Crippen LogP contribution in [0.15, 0.2) is 24.3 Å². The Morgan fingerprint density at radius 3 is 2.05 bits per heavy atom. The molecule has 1 saturated carbocycles. The summed E-state index contributed by atoms with van der Waals surface area (Å²) in [6.45, 7) is 6.45. The first-order chi connectivity index (χ1) is 9.52. The second kappa shape index (κ2) is 5.47. The molecular weight excluding hydrogens is 248 g/mol. The van der Waals surface area contributed by atoms with E-state index in [0.29, 0.717) is 0 Å². The summed E-state index contributed by atoms with van der Waals surface area (Å²) in [4.78, 5) is 12.8. The van der Waals surface area contributed by atoms with Gasteiger partial charge in [-0.05, 0) is 49.8 Å². The first-order valence-electron chi connectivity index (χ1n) is 7.70. The lowest BCUT2D eigenvalue weighted by Gasteiger charge is -2.33. The monoisotopic (exact) mass is 274 g/mol. The van der Waals surface area contributed by atoms with Crippen molar-refractivity contribution in [3.05, 3.63) is 29.8 Å². The van der Waals surface area contributed by atoms with Gasteiger partial charge in [0.05, 0.1) is 5.41 Å². The van der Waals surface area contributed by atoms with Crippen molar-refractivity contribution in [1.82, 2.24) is 5.32 Å². The molecule has 1 aromatic rings. The molecule has 3 N–H and O–H groups in total. The average molecular weight is 274 g/mol.